The molecule has 0 saturated carbocycles. The van der Waals surface area contributed by atoms with E-state index in [0.717, 1.165) is 35.8 Å². The number of carbonyl (C=O) groups is 1. The maximum Gasteiger partial charge on any atom is 0.243 e. The normalized spacial score (nSPS) is 15.7. The highest BCUT2D eigenvalue weighted by Gasteiger charge is 2.29. The Balaban J connectivity index is 1.70. The quantitative estimate of drug-likeness (QED) is 0.623. The number of benzene rings is 2. The number of carbonyl (C=O) groups excluding carboxylic acids is 1. The number of methoxy groups -OCH3 is 1. The van der Waals surface area contributed by atoms with Crippen LogP contribution < -0.4 is 14.4 Å². The lowest BCUT2D eigenvalue weighted by Gasteiger charge is -2.29. The SMILES string of the molecule is COc1ccc(N(C(C)C(=O)NCc2ccccc2CN2CCCCC2)S(C)(=O)=O)cc1. The molecule has 0 aromatic heterocycles. The van der Waals surface area contributed by atoms with E-state index in [4.69, 9.17) is 4.74 Å². The van der Waals surface area contributed by atoms with Crippen LogP contribution in [0.3, 0.4) is 0 Å². The van der Waals surface area contributed by atoms with E-state index in [1.807, 2.05) is 18.2 Å². The zero-order valence-electron chi connectivity index (χ0n) is 19.1. The zero-order chi connectivity index (χ0) is 23.1. The van der Waals surface area contributed by atoms with Crippen molar-refractivity contribution in [2.45, 2.75) is 45.3 Å². The molecule has 1 atom stereocenters. The van der Waals surface area contributed by atoms with E-state index >= 15 is 0 Å². The van der Waals surface area contributed by atoms with Gasteiger partial charge in [-0.05, 0) is 68.2 Å². The summed E-state index contributed by atoms with van der Waals surface area (Å²) in [6, 6.07) is 13.8. The van der Waals surface area contributed by atoms with Gasteiger partial charge in [-0.1, -0.05) is 30.7 Å². The van der Waals surface area contributed by atoms with E-state index < -0.39 is 16.1 Å². The second-order valence-electron chi connectivity index (χ2n) is 8.26. The van der Waals surface area contributed by atoms with Crippen LogP contribution in [-0.4, -0.2) is 51.7 Å². The smallest absolute Gasteiger partial charge is 0.243 e. The number of sulfonamides is 1. The molecular formula is C24H33N3O4S. The number of piperidine rings is 1. The molecule has 2 aromatic carbocycles. The van der Waals surface area contributed by atoms with E-state index in [2.05, 4.69) is 16.3 Å². The second-order valence-corrected chi connectivity index (χ2v) is 10.1. The zero-order valence-corrected chi connectivity index (χ0v) is 19.9. The van der Waals surface area contributed by atoms with Gasteiger partial charge in [0.1, 0.15) is 11.8 Å². The van der Waals surface area contributed by atoms with Crippen molar-refractivity contribution >= 4 is 21.6 Å². The molecule has 8 heteroatoms. The first-order valence-corrected chi connectivity index (χ1v) is 12.8. The van der Waals surface area contributed by atoms with E-state index in [1.165, 1.54) is 24.8 Å². The second kappa shape index (κ2) is 10.8. The maximum absolute atomic E-state index is 12.9. The van der Waals surface area contributed by atoms with Gasteiger partial charge < -0.3 is 10.1 Å². The van der Waals surface area contributed by atoms with Gasteiger partial charge in [0.15, 0.2) is 0 Å². The number of ether oxygens (including phenoxy) is 1. The highest BCUT2D eigenvalue weighted by atomic mass is 32.2. The topological polar surface area (TPSA) is 79.0 Å². The summed E-state index contributed by atoms with van der Waals surface area (Å²) < 4.78 is 31.3. The van der Waals surface area contributed by atoms with Crippen LogP contribution in [0.1, 0.15) is 37.3 Å². The largest absolute Gasteiger partial charge is 0.497 e. The van der Waals surface area contributed by atoms with Crippen LogP contribution in [0.25, 0.3) is 0 Å². The van der Waals surface area contributed by atoms with Crippen molar-refractivity contribution in [3.8, 4) is 5.75 Å². The Morgan fingerprint density at radius 3 is 2.28 bits per heavy atom. The van der Waals surface area contributed by atoms with Gasteiger partial charge in [-0.15, -0.1) is 0 Å². The molecule has 32 heavy (non-hydrogen) atoms. The number of hydrogen-bond donors (Lipinski definition) is 1. The maximum atomic E-state index is 12.9. The van der Waals surface area contributed by atoms with Crippen molar-refractivity contribution in [1.82, 2.24) is 10.2 Å². The third kappa shape index (κ3) is 6.23. The number of anilines is 1. The van der Waals surface area contributed by atoms with Crippen LogP contribution in [0.4, 0.5) is 5.69 Å². The van der Waals surface area contributed by atoms with E-state index in [1.54, 1.807) is 38.3 Å². The molecule has 1 saturated heterocycles. The van der Waals surface area contributed by atoms with Gasteiger partial charge in [0.2, 0.25) is 15.9 Å². The van der Waals surface area contributed by atoms with Gasteiger partial charge in [-0.25, -0.2) is 8.42 Å². The van der Waals surface area contributed by atoms with E-state index in [-0.39, 0.29) is 5.91 Å². The number of nitrogens with zero attached hydrogens (tertiary/aromatic N) is 2. The van der Waals surface area contributed by atoms with Crippen LogP contribution in [-0.2, 0) is 27.9 Å². The number of likely N-dealkylation sites (tertiary alicyclic amines) is 1. The molecule has 2 aromatic rings. The average molecular weight is 460 g/mol. The van der Waals surface area contributed by atoms with Gasteiger partial charge in [-0.2, -0.15) is 0 Å². The fraction of sp³-hybridized carbons (Fsp3) is 0.458. The van der Waals surface area contributed by atoms with Crippen LogP contribution in [0.2, 0.25) is 0 Å². The Kier molecular flexibility index (Phi) is 8.15. The number of hydrogen-bond acceptors (Lipinski definition) is 5. The Morgan fingerprint density at radius 1 is 1.06 bits per heavy atom. The molecule has 0 aliphatic carbocycles. The van der Waals surface area contributed by atoms with Crippen molar-refractivity contribution in [2.75, 3.05) is 30.8 Å². The van der Waals surface area contributed by atoms with Crippen molar-refractivity contribution in [1.29, 1.82) is 0 Å². The molecule has 0 radical (unpaired) electrons. The van der Waals surface area contributed by atoms with Gasteiger partial charge in [-0.3, -0.25) is 14.0 Å². The van der Waals surface area contributed by atoms with Crippen LogP contribution in [0.5, 0.6) is 5.75 Å². The Labute approximate surface area is 191 Å². The van der Waals surface area contributed by atoms with Gasteiger partial charge in [0.25, 0.3) is 0 Å². The molecule has 0 spiro atoms. The third-order valence-electron chi connectivity index (χ3n) is 5.83. The van der Waals surface area contributed by atoms with Gasteiger partial charge in [0, 0.05) is 13.1 Å². The molecule has 1 heterocycles. The standard InChI is InChI=1S/C24H33N3O4S/c1-19(27(32(3,29)30)22-11-13-23(31-2)14-12-22)24(28)25-17-20-9-5-6-10-21(20)18-26-15-7-4-8-16-26/h5-6,9-14,19H,4,7-8,15-18H2,1-3H3,(H,25,28). The predicted octanol–water partition coefficient (Wildman–Crippen LogP) is 3.15. The lowest BCUT2D eigenvalue weighted by atomic mass is 10.0. The molecule has 1 unspecified atom stereocenters. The molecule has 1 fully saturated rings. The molecule has 1 aliphatic rings. The minimum absolute atomic E-state index is 0.348. The minimum atomic E-state index is -3.67. The van der Waals surface area contributed by atoms with Crippen LogP contribution >= 0.6 is 0 Å². The lowest BCUT2D eigenvalue weighted by molar-refractivity contribution is -0.122. The van der Waals surface area contributed by atoms with Crippen LogP contribution in [0.15, 0.2) is 48.5 Å². The molecule has 1 N–H and O–H groups in total. The summed E-state index contributed by atoms with van der Waals surface area (Å²) in [6.45, 7) is 5.02. The van der Waals surface area contributed by atoms with Gasteiger partial charge in [0.05, 0.1) is 19.1 Å². The average Bonchev–Trinajstić information content (AvgIpc) is 2.78. The first-order chi connectivity index (χ1) is 15.3. The fourth-order valence-electron chi connectivity index (χ4n) is 4.11. The molecule has 1 aliphatic heterocycles. The summed E-state index contributed by atoms with van der Waals surface area (Å²) in [5, 5.41) is 2.93. The van der Waals surface area contributed by atoms with Crippen molar-refractivity contribution in [3.63, 3.8) is 0 Å². The molecule has 0 bridgehead atoms. The molecule has 174 valence electrons. The number of nitrogens with one attached hydrogen (secondary N) is 1. The highest BCUT2D eigenvalue weighted by Crippen LogP contribution is 2.24. The summed E-state index contributed by atoms with van der Waals surface area (Å²) in [5.41, 5.74) is 2.66. The summed E-state index contributed by atoms with van der Waals surface area (Å²) in [6.07, 6.45) is 4.85. The molecule has 1 amide bonds. The van der Waals surface area contributed by atoms with Crippen molar-refractivity contribution in [2.24, 2.45) is 0 Å². The van der Waals surface area contributed by atoms with Gasteiger partial charge >= 0.3 is 0 Å². The number of amides is 1. The predicted molar refractivity (Wildman–Crippen MR) is 127 cm³/mol. The summed E-state index contributed by atoms with van der Waals surface area (Å²) in [7, 11) is -2.12. The first kappa shape index (κ1) is 24.1. The van der Waals surface area contributed by atoms with E-state index in [0.29, 0.717) is 18.0 Å². The van der Waals surface area contributed by atoms with Crippen LogP contribution in [0, 0.1) is 0 Å². The minimum Gasteiger partial charge on any atom is -0.497 e. The Morgan fingerprint density at radius 2 is 1.69 bits per heavy atom. The molecule has 7 nitrogen and oxygen atoms in total. The fourth-order valence-corrected chi connectivity index (χ4v) is 5.29. The van der Waals surface area contributed by atoms with Crippen molar-refractivity contribution < 1.29 is 17.9 Å². The van der Waals surface area contributed by atoms with Crippen molar-refractivity contribution in [3.05, 3.63) is 59.7 Å². The summed E-state index contributed by atoms with van der Waals surface area (Å²) in [5.74, 6) is 0.267. The summed E-state index contributed by atoms with van der Waals surface area (Å²) in [4.78, 5) is 15.4. The number of rotatable bonds is 9. The summed E-state index contributed by atoms with van der Waals surface area (Å²) >= 11 is 0. The first-order valence-electron chi connectivity index (χ1n) is 11.0. The third-order valence-corrected chi connectivity index (χ3v) is 7.07. The lowest BCUT2D eigenvalue weighted by Crippen LogP contribution is -2.47. The Hall–Kier alpha value is -2.58. The highest BCUT2D eigenvalue weighted by molar-refractivity contribution is 7.92. The molecular weight excluding hydrogens is 426 g/mol. The van der Waals surface area contributed by atoms with E-state index in [9.17, 15) is 13.2 Å². The molecule has 3 rings (SSSR count). The monoisotopic (exact) mass is 459 g/mol. The Bertz CT molecular complexity index is 1000.